The lowest BCUT2D eigenvalue weighted by molar-refractivity contribution is -0.121. The summed E-state index contributed by atoms with van der Waals surface area (Å²) in [6.07, 6.45) is 10.7. The van der Waals surface area contributed by atoms with Crippen molar-refractivity contribution in [1.29, 1.82) is 0 Å². The third kappa shape index (κ3) is 5.91. The number of nitrogens with zero attached hydrogens (tertiary/aromatic N) is 5. The SMILES string of the molecule is C=CCC1CN(C2CCCC2)c2nc(Nc3ccc(C(=O)NC4CCCN(C)C4)cc3OC)ncc2N(C)C1=O. The van der Waals surface area contributed by atoms with Gasteiger partial charge in [-0.3, -0.25) is 9.59 Å². The summed E-state index contributed by atoms with van der Waals surface area (Å²) in [7, 11) is 5.46. The minimum atomic E-state index is -0.179. The van der Waals surface area contributed by atoms with Crippen molar-refractivity contribution >= 4 is 35.0 Å². The van der Waals surface area contributed by atoms with E-state index < -0.39 is 0 Å². The number of carbonyl (C=O) groups excluding carboxylic acids is 2. The second kappa shape index (κ2) is 12.2. The average Bonchev–Trinajstić information content (AvgIpc) is 3.46. The number of likely N-dealkylation sites (N-methyl/N-ethyl adjacent to an activating group) is 1. The molecule has 1 aromatic heterocycles. The first kappa shape index (κ1) is 27.9. The molecule has 5 rings (SSSR count). The Morgan fingerprint density at radius 1 is 1.18 bits per heavy atom. The van der Waals surface area contributed by atoms with E-state index in [0.717, 1.165) is 44.6 Å². The molecule has 2 fully saturated rings. The summed E-state index contributed by atoms with van der Waals surface area (Å²) in [6, 6.07) is 5.82. The predicted octanol–water partition coefficient (Wildman–Crippen LogP) is 3.97. The van der Waals surface area contributed by atoms with Crippen LogP contribution in [-0.4, -0.2) is 79.6 Å². The van der Waals surface area contributed by atoms with E-state index in [1.165, 1.54) is 12.8 Å². The summed E-state index contributed by atoms with van der Waals surface area (Å²) in [6.45, 7) is 6.39. The molecule has 2 unspecified atom stereocenters. The number of rotatable bonds is 8. The molecular formula is C30H41N7O3. The van der Waals surface area contributed by atoms with Crippen molar-refractivity contribution in [3.63, 3.8) is 0 Å². The fourth-order valence-corrected chi connectivity index (χ4v) is 6.19. The number of ether oxygens (including phenoxy) is 1. The molecule has 2 aromatic rings. The number of hydrogen-bond acceptors (Lipinski definition) is 8. The number of fused-ring (bicyclic) bond motifs is 1. The Bertz CT molecular complexity index is 1250. The van der Waals surface area contributed by atoms with E-state index in [4.69, 9.17) is 9.72 Å². The second-order valence-corrected chi connectivity index (χ2v) is 11.2. The molecule has 10 nitrogen and oxygen atoms in total. The first-order valence-electron chi connectivity index (χ1n) is 14.3. The second-order valence-electron chi connectivity index (χ2n) is 11.2. The third-order valence-corrected chi connectivity index (χ3v) is 8.37. The van der Waals surface area contributed by atoms with Crippen molar-refractivity contribution in [3.8, 4) is 5.75 Å². The topological polar surface area (TPSA) is 103 Å². The van der Waals surface area contributed by atoms with E-state index >= 15 is 0 Å². The zero-order valence-electron chi connectivity index (χ0n) is 23.9. The maximum atomic E-state index is 13.3. The monoisotopic (exact) mass is 547 g/mol. The van der Waals surface area contributed by atoms with Gasteiger partial charge in [0.1, 0.15) is 11.4 Å². The summed E-state index contributed by atoms with van der Waals surface area (Å²) in [4.78, 5) is 42.0. The van der Waals surface area contributed by atoms with Gasteiger partial charge < -0.3 is 30.1 Å². The van der Waals surface area contributed by atoms with Gasteiger partial charge >= 0.3 is 0 Å². The highest BCUT2D eigenvalue weighted by molar-refractivity contribution is 5.99. The predicted molar refractivity (Wildman–Crippen MR) is 158 cm³/mol. The minimum Gasteiger partial charge on any atom is -0.495 e. The van der Waals surface area contributed by atoms with Crippen molar-refractivity contribution in [3.05, 3.63) is 42.6 Å². The van der Waals surface area contributed by atoms with Crippen molar-refractivity contribution < 1.29 is 14.3 Å². The lowest BCUT2D eigenvalue weighted by atomic mass is 10.0. The van der Waals surface area contributed by atoms with Gasteiger partial charge in [-0.1, -0.05) is 18.9 Å². The molecule has 2 atom stereocenters. The van der Waals surface area contributed by atoms with Crippen LogP contribution in [0.1, 0.15) is 55.3 Å². The summed E-state index contributed by atoms with van der Waals surface area (Å²) in [5.74, 6) is 1.46. The highest BCUT2D eigenvalue weighted by Gasteiger charge is 2.36. The van der Waals surface area contributed by atoms with Crippen molar-refractivity contribution in [2.24, 2.45) is 5.92 Å². The van der Waals surface area contributed by atoms with E-state index in [-0.39, 0.29) is 23.8 Å². The van der Waals surface area contributed by atoms with E-state index in [0.29, 0.717) is 47.6 Å². The molecule has 1 aliphatic carbocycles. The average molecular weight is 548 g/mol. The molecule has 3 aliphatic rings. The lowest BCUT2D eigenvalue weighted by Gasteiger charge is -2.31. The molecule has 2 N–H and O–H groups in total. The van der Waals surface area contributed by atoms with Crippen molar-refractivity contribution in [2.75, 3.05) is 56.0 Å². The standard InChI is InChI=1S/C30H41N7O3/c1-5-9-21-18-37(23-11-6-7-12-23)27-25(36(3)29(21)39)17-31-30(34-27)33-24-14-13-20(16-26(24)40-4)28(38)32-22-10-8-15-35(2)19-22/h5,13-14,16-17,21-23H,1,6-12,15,18-19H2,2-4H3,(H,32,38)(H,31,33,34). The van der Waals surface area contributed by atoms with Gasteiger partial charge in [-0.15, -0.1) is 6.58 Å². The van der Waals surface area contributed by atoms with Crippen LogP contribution in [0.4, 0.5) is 23.1 Å². The number of aromatic nitrogens is 2. The summed E-state index contributed by atoms with van der Waals surface area (Å²) >= 11 is 0. The molecule has 3 heterocycles. The Labute approximate surface area is 236 Å². The molecule has 1 saturated carbocycles. The van der Waals surface area contributed by atoms with Gasteiger partial charge in [0.25, 0.3) is 5.91 Å². The van der Waals surface area contributed by atoms with Crippen LogP contribution in [0, 0.1) is 5.92 Å². The first-order valence-corrected chi connectivity index (χ1v) is 14.3. The summed E-state index contributed by atoms with van der Waals surface area (Å²) in [5.41, 5.74) is 1.91. The molecule has 0 bridgehead atoms. The van der Waals surface area contributed by atoms with Crippen LogP contribution in [0.2, 0.25) is 0 Å². The largest absolute Gasteiger partial charge is 0.495 e. The number of piperidine rings is 1. The Morgan fingerprint density at radius 3 is 2.70 bits per heavy atom. The van der Waals surface area contributed by atoms with Crippen LogP contribution in [0.5, 0.6) is 5.75 Å². The van der Waals surface area contributed by atoms with Gasteiger partial charge in [-0.05, 0) is 63.9 Å². The van der Waals surface area contributed by atoms with Crippen LogP contribution < -0.4 is 25.2 Å². The molecule has 40 heavy (non-hydrogen) atoms. The quantitative estimate of drug-likeness (QED) is 0.479. The number of methoxy groups -OCH3 is 1. The van der Waals surface area contributed by atoms with E-state index in [1.54, 1.807) is 37.4 Å². The normalized spacial score (nSPS) is 22.0. The van der Waals surface area contributed by atoms with Gasteiger partial charge in [-0.25, -0.2) is 4.98 Å². The maximum absolute atomic E-state index is 13.3. The first-order chi connectivity index (χ1) is 19.4. The summed E-state index contributed by atoms with van der Waals surface area (Å²) < 4.78 is 5.64. The Hall–Kier alpha value is -3.66. The Balaban J connectivity index is 1.39. The number of carbonyl (C=O) groups is 2. The van der Waals surface area contributed by atoms with Crippen molar-refractivity contribution in [1.82, 2.24) is 20.2 Å². The fourth-order valence-electron chi connectivity index (χ4n) is 6.19. The summed E-state index contributed by atoms with van der Waals surface area (Å²) in [5, 5.41) is 6.44. The molecule has 1 saturated heterocycles. The van der Waals surface area contributed by atoms with Crippen LogP contribution >= 0.6 is 0 Å². The fraction of sp³-hybridized carbons (Fsp3) is 0.533. The zero-order valence-corrected chi connectivity index (χ0v) is 23.9. The van der Waals surface area contributed by atoms with E-state index in [1.807, 2.05) is 12.1 Å². The molecule has 1 aromatic carbocycles. The molecule has 10 heteroatoms. The van der Waals surface area contributed by atoms with E-state index in [9.17, 15) is 9.59 Å². The van der Waals surface area contributed by atoms with Crippen LogP contribution in [0.3, 0.4) is 0 Å². The molecule has 2 amide bonds. The zero-order chi connectivity index (χ0) is 28.2. The maximum Gasteiger partial charge on any atom is 0.251 e. The number of anilines is 4. The molecule has 2 aliphatic heterocycles. The highest BCUT2D eigenvalue weighted by Crippen LogP contribution is 2.38. The Morgan fingerprint density at radius 2 is 1.98 bits per heavy atom. The highest BCUT2D eigenvalue weighted by atomic mass is 16.5. The van der Waals surface area contributed by atoms with Gasteiger partial charge in [-0.2, -0.15) is 4.98 Å². The molecule has 0 spiro atoms. The number of benzene rings is 1. The number of nitrogens with one attached hydrogen (secondary N) is 2. The molecule has 214 valence electrons. The van der Waals surface area contributed by atoms with Crippen molar-refractivity contribution in [2.45, 2.75) is 57.0 Å². The van der Waals surface area contributed by atoms with Crippen LogP contribution in [0.15, 0.2) is 37.1 Å². The smallest absolute Gasteiger partial charge is 0.251 e. The lowest BCUT2D eigenvalue weighted by Crippen LogP contribution is -2.46. The van der Waals surface area contributed by atoms with Crippen LogP contribution in [0.25, 0.3) is 0 Å². The van der Waals surface area contributed by atoms with E-state index in [2.05, 4.69) is 39.0 Å². The number of likely N-dealkylation sites (tertiary alicyclic amines) is 1. The van der Waals surface area contributed by atoms with Gasteiger partial charge in [0, 0.05) is 37.8 Å². The number of amides is 2. The van der Waals surface area contributed by atoms with Gasteiger partial charge in [0.05, 0.1) is 24.9 Å². The van der Waals surface area contributed by atoms with Gasteiger partial charge in [0.2, 0.25) is 11.9 Å². The molecular weight excluding hydrogens is 506 g/mol. The number of allylic oxidation sites excluding steroid dienone is 1. The number of hydrogen-bond donors (Lipinski definition) is 2. The molecule has 0 radical (unpaired) electrons. The minimum absolute atomic E-state index is 0.0568. The van der Waals surface area contributed by atoms with Crippen LogP contribution in [-0.2, 0) is 4.79 Å². The Kier molecular flexibility index (Phi) is 8.54. The van der Waals surface area contributed by atoms with Gasteiger partial charge in [0.15, 0.2) is 5.82 Å². The third-order valence-electron chi connectivity index (χ3n) is 8.37.